The third-order valence-corrected chi connectivity index (χ3v) is 5.10. The van der Waals surface area contributed by atoms with Crippen LogP contribution < -0.4 is 15.5 Å². The maximum atomic E-state index is 14.1. The van der Waals surface area contributed by atoms with E-state index in [9.17, 15) is 13.6 Å². The number of nitrogens with zero attached hydrogens (tertiary/aromatic N) is 5. The summed E-state index contributed by atoms with van der Waals surface area (Å²) in [4.78, 5) is 28.9. The van der Waals surface area contributed by atoms with Crippen molar-refractivity contribution >= 4 is 23.2 Å². The molecule has 1 saturated heterocycles. The number of pyridine rings is 1. The summed E-state index contributed by atoms with van der Waals surface area (Å²) in [5, 5.41) is 5.59. The van der Waals surface area contributed by atoms with Crippen LogP contribution in [0, 0.1) is 5.95 Å². The largest absolute Gasteiger partial charge is 0.367 e. The molecule has 4 bridgehead atoms. The van der Waals surface area contributed by atoms with E-state index in [2.05, 4.69) is 30.5 Å². The standard InChI is InChI=1S/C20H23F2N7O/c21-14-3-1-2-6-28-7-9-29(10-8-28)17-11-18(22)24-13-16(17)26-19(30)15-4-5-23-20(27-15)25-12-14/h1-2,4-5,11,13-14H,3,6-10,12H2,(H,26,30)(H,23,25,27)/b2-1+. The highest BCUT2D eigenvalue weighted by atomic mass is 19.1. The number of allylic oxidation sites excluding steroid dienone is 1. The van der Waals surface area contributed by atoms with Crippen LogP contribution in [0.5, 0.6) is 0 Å². The van der Waals surface area contributed by atoms with Crippen LogP contribution in [0.15, 0.2) is 36.7 Å². The van der Waals surface area contributed by atoms with E-state index in [0.717, 1.165) is 19.6 Å². The maximum absolute atomic E-state index is 14.1. The Morgan fingerprint density at radius 3 is 2.80 bits per heavy atom. The number of aromatic nitrogens is 3. The first-order valence-electron chi connectivity index (χ1n) is 9.88. The fourth-order valence-corrected chi connectivity index (χ4v) is 3.46. The summed E-state index contributed by atoms with van der Waals surface area (Å²) >= 11 is 0. The zero-order valence-electron chi connectivity index (χ0n) is 16.4. The molecule has 2 aromatic rings. The Morgan fingerprint density at radius 2 is 1.97 bits per heavy atom. The topological polar surface area (TPSA) is 86.3 Å². The van der Waals surface area contributed by atoms with Crippen LogP contribution in [-0.2, 0) is 0 Å². The van der Waals surface area contributed by atoms with Crippen molar-refractivity contribution in [2.45, 2.75) is 12.6 Å². The second kappa shape index (κ2) is 9.12. The molecule has 158 valence electrons. The lowest BCUT2D eigenvalue weighted by atomic mass is 10.2. The Labute approximate surface area is 173 Å². The predicted molar refractivity (Wildman–Crippen MR) is 110 cm³/mol. The fraction of sp³-hybridized carbons (Fsp3) is 0.400. The minimum absolute atomic E-state index is 0.0418. The zero-order chi connectivity index (χ0) is 20.9. The Kier molecular flexibility index (Phi) is 6.12. The van der Waals surface area contributed by atoms with Crippen LogP contribution in [0.3, 0.4) is 0 Å². The lowest BCUT2D eigenvalue weighted by Gasteiger charge is -2.36. The molecule has 1 fully saturated rings. The molecule has 0 aromatic carbocycles. The van der Waals surface area contributed by atoms with Gasteiger partial charge in [0, 0.05) is 51.5 Å². The van der Waals surface area contributed by atoms with Crippen molar-refractivity contribution in [1.29, 1.82) is 0 Å². The highest BCUT2D eigenvalue weighted by molar-refractivity contribution is 6.04. The second-order valence-corrected chi connectivity index (χ2v) is 7.22. The first kappa shape index (κ1) is 20.1. The van der Waals surface area contributed by atoms with Crippen molar-refractivity contribution in [3.05, 3.63) is 48.3 Å². The number of anilines is 3. The van der Waals surface area contributed by atoms with Gasteiger partial charge in [-0.05, 0) is 12.5 Å². The minimum Gasteiger partial charge on any atom is -0.367 e. The zero-order valence-corrected chi connectivity index (χ0v) is 16.4. The minimum atomic E-state index is -1.09. The molecule has 2 aromatic heterocycles. The van der Waals surface area contributed by atoms with Crippen molar-refractivity contribution in [1.82, 2.24) is 19.9 Å². The molecule has 0 spiro atoms. The molecule has 0 radical (unpaired) electrons. The number of halogens is 2. The van der Waals surface area contributed by atoms with Gasteiger partial charge in [-0.2, -0.15) is 4.39 Å². The Morgan fingerprint density at radius 1 is 1.13 bits per heavy atom. The van der Waals surface area contributed by atoms with E-state index in [-0.39, 0.29) is 24.6 Å². The van der Waals surface area contributed by atoms with E-state index in [4.69, 9.17) is 0 Å². The monoisotopic (exact) mass is 415 g/mol. The number of fused-ring (bicyclic) bond motifs is 8. The molecular formula is C20H23F2N7O. The number of carbonyl (C=O) groups excluding carboxylic acids is 1. The van der Waals surface area contributed by atoms with E-state index in [1.807, 2.05) is 17.1 Å². The van der Waals surface area contributed by atoms with E-state index < -0.39 is 18.0 Å². The number of piperazine rings is 1. The van der Waals surface area contributed by atoms with Crippen LogP contribution >= 0.6 is 0 Å². The number of alkyl halides is 1. The molecule has 1 atom stereocenters. The second-order valence-electron chi connectivity index (χ2n) is 7.22. The molecule has 0 saturated carbocycles. The van der Waals surface area contributed by atoms with Crippen LogP contribution in [0.4, 0.5) is 26.1 Å². The molecule has 1 amide bonds. The van der Waals surface area contributed by atoms with Gasteiger partial charge in [0.25, 0.3) is 5.91 Å². The fourth-order valence-electron chi connectivity index (χ4n) is 3.46. The van der Waals surface area contributed by atoms with Gasteiger partial charge in [-0.3, -0.25) is 9.69 Å². The number of carbonyl (C=O) groups is 1. The molecule has 30 heavy (non-hydrogen) atoms. The van der Waals surface area contributed by atoms with Crippen LogP contribution in [0.2, 0.25) is 0 Å². The summed E-state index contributed by atoms with van der Waals surface area (Å²) in [5.41, 5.74) is 1.11. The van der Waals surface area contributed by atoms with Gasteiger partial charge < -0.3 is 15.5 Å². The smallest absolute Gasteiger partial charge is 0.274 e. The molecule has 1 unspecified atom stereocenters. The molecular weight excluding hydrogens is 392 g/mol. The Hall–Kier alpha value is -3.14. The number of hydrogen-bond donors (Lipinski definition) is 2. The lowest BCUT2D eigenvalue weighted by molar-refractivity contribution is 0.102. The molecule has 8 nitrogen and oxygen atoms in total. The number of nitrogens with one attached hydrogen (secondary N) is 2. The normalized spacial score (nSPS) is 23.5. The molecule has 3 aliphatic rings. The molecule has 10 heteroatoms. The molecule has 5 rings (SSSR count). The van der Waals surface area contributed by atoms with Crippen LogP contribution in [0.1, 0.15) is 16.9 Å². The maximum Gasteiger partial charge on any atom is 0.274 e. The molecule has 0 aliphatic carbocycles. The van der Waals surface area contributed by atoms with Crippen molar-refractivity contribution in [2.75, 3.05) is 54.8 Å². The summed E-state index contributed by atoms with van der Waals surface area (Å²) < 4.78 is 28.0. The van der Waals surface area contributed by atoms with Crippen molar-refractivity contribution < 1.29 is 13.6 Å². The predicted octanol–water partition coefficient (Wildman–Crippen LogP) is 2.09. The van der Waals surface area contributed by atoms with Crippen LogP contribution in [-0.4, -0.2) is 71.2 Å². The van der Waals surface area contributed by atoms with Gasteiger partial charge in [0.1, 0.15) is 11.9 Å². The van der Waals surface area contributed by atoms with E-state index in [0.29, 0.717) is 24.5 Å². The van der Waals surface area contributed by atoms with Gasteiger partial charge >= 0.3 is 0 Å². The van der Waals surface area contributed by atoms with Crippen molar-refractivity contribution in [3.63, 3.8) is 0 Å². The average Bonchev–Trinajstić information content (AvgIpc) is 2.76. The Balaban J connectivity index is 1.63. The van der Waals surface area contributed by atoms with Gasteiger partial charge in [0.15, 0.2) is 0 Å². The molecule has 5 heterocycles. The van der Waals surface area contributed by atoms with Crippen molar-refractivity contribution in [2.24, 2.45) is 0 Å². The summed E-state index contributed by atoms with van der Waals surface area (Å²) in [6.45, 7) is 3.67. The van der Waals surface area contributed by atoms with Gasteiger partial charge in [-0.1, -0.05) is 12.2 Å². The van der Waals surface area contributed by atoms with Crippen molar-refractivity contribution in [3.8, 4) is 0 Å². The lowest BCUT2D eigenvalue weighted by Crippen LogP contribution is -2.46. The van der Waals surface area contributed by atoms with E-state index >= 15 is 0 Å². The average molecular weight is 415 g/mol. The van der Waals surface area contributed by atoms with E-state index in [1.165, 1.54) is 24.5 Å². The summed E-state index contributed by atoms with van der Waals surface area (Å²) in [6, 6.07) is 2.79. The SMILES string of the molecule is O=C1Nc2cnc(F)cc2N2CCN(C/C=C/CC(F)CNc3nccc1n3)CC2. The third-order valence-electron chi connectivity index (χ3n) is 5.10. The summed E-state index contributed by atoms with van der Waals surface area (Å²) in [5.74, 6) is -0.916. The van der Waals surface area contributed by atoms with Gasteiger partial charge in [-0.25, -0.2) is 19.3 Å². The van der Waals surface area contributed by atoms with Gasteiger partial charge in [0.2, 0.25) is 11.9 Å². The number of rotatable bonds is 0. The summed E-state index contributed by atoms with van der Waals surface area (Å²) in [7, 11) is 0. The van der Waals surface area contributed by atoms with Crippen LogP contribution in [0.25, 0.3) is 0 Å². The highest BCUT2D eigenvalue weighted by Gasteiger charge is 2.21. The quantitative estimate of drug-likeness (QED) is 0.503. The van der Waals surface area contributed by atoms with Gasteiger partial charge in [0.05, 0.1) is 17.6 Å². The third kappa shape index (κ3) is 4.88. The Bertz CT molecular complexity index is 931. The molecule has 2 N–H and O–H groups in total. The van der Waals surface area contributed by atoms with E-state index in [1.54, 1.807) is 0 Å². The first-order valence-corrected chi connectivity index (χ1v) is 9.88. The summed E-state index contributed by atoms with van der Waals surface area (Å²) in [6.07, 6.45) is 5.74. The van der Waals surface area contributed by atoms with Gasteiger partial charge in [-0.15, -0.1) is 0 Å². The number of amides is 1. The molecule has 3 aliphatic heterocycles. The highest BCUT2D eigenvalue weighted by Crippen LogP contribution is 2.27. The first-order chi connectivity index (χ1) is 14.6. The number of hydrogen-bond acceptors (Lipinski definition) is 7.